The lowest BCUT2D eigenvalue weighted by atomic mass is 10.1. The first-order valence-electron chi connectivity index (χ1n) is 9.51. The molecule has 9 heteroatoms. The molecule has 166 valence electrons. The molecule has 0 spiro atoms. The molecule has 0 radical (unpaired) electrons. The second-order valence-electron chi connectivity index (χ2n) is 7.03. The summed E-state index contributed by atoms with van der Waals surface area (Å²) in [4.78, 5) is 37.0. The number of carboxylic acids is 2. The number of benzene rings is 2. The van der Waals surface area contributed by atoms with E-state index in [1.165, 1.54) is 6.92 Å². The smallest absolute Gasteiger partial charge is 0.349 e. The van der Waals surface area contributed by atoms with Crippen LogP contribution >= 0.6 is 27.3 Å². The predicted molar refractivity (Wildman–Crippen MR) is 126 cm³/mol. The van der Waals surface area contributed by atoms with Gasteiger partial charge in [0, 0.05) is 12.6 Å². The highest BCUT2D eigenvalue weighted by atomic mass is 79.9. The molecule has 0 aliphatic rings. The molecule has 3 aromatic rings. The van der Waals surface area contributed by atoms with Crippen molar-refractivity contribution in [2.45, 2.75) is 20.4 Å². The molecule has 1 amide bonds. The molecule has 7 nitrogen and oxygen atoms in total. The number of nitrogens with zero attached hydrogens (tertiary/aromatic N) is 1. The summed E-state index contributed by atoms with van der Waals surface area (Å²) in [5.41, 5.74) is 3.45. The molecule has 0 unspecified atom stereocenters. The zero-order valence-electron chi connectivity index (χ0n) is 17.3. The van der Waals surface area contributed by atoms with E-state index < -0.39 is 18.5 Å². The van der Waals surface area contributed by atoms with Crippen LogP contribution in [0.25, 0.3) is 10.4 Å². The highest BCUT2D eigenvalue weighted by Gasteiger charge is 2.24. The van der Waals surface area contributed by atoms with Gasteiger partial charge in [-0.25, -0.2) is 9.59 Å². The predicted octanol–water partition coefficient (Wildman–Crippen LogP) is 5.20. The number of aliphatic carboxylic acids is 1. The van der Waals surface area contributed by atoms with Gasteiger partial charge in [0.25, 0.3) is 0 Å². The maximum Gasteiger partial charge on any atom is 0.349 e. The van der Waals surface area contributed by atoms with Crippen molar-refractivity contribution in [3.05, 3.63) is 69.0 Å². The topological polar surface area (TPSA) is 104 Å². The lowest BCUT2D eigenvalue weighted by Crippen LogP contribution is -2.27. The molecule has 0 atom stereocenters. The van der Waals surface area contributed by atoms with Gasteiger partial charge in [-0.3, -0.25) is 4.79 Å². The first-order chi connectivity index (χ1) is 15.2. The number of hydrogen-bond donors (Lipinski definition) is 2. The molecule has 2 N–H and O–H groups in total. The zero-order chi connectivity index (χ0) is 23.4. The fraction of sp³-hybridized carbons (Fsp3) is 0.174. The number of hydrogen-bond acceptors (Lipinski definition) is 5. The van der Waals surface area contributed by atoms with Crippen molar-refractivity contribution >= 4 is 50.8 Å². The fourth-order valence-corrected chi connectivity index (χ4v) is 4.98. The summed E-state index contributed by atoms with van der Waals surface area (Å²) in [5.74, 6) is -2.53. The fourth-order valence-electron chi connectivity index (χ4n) is 3.09. The molecule has 3 rings (SSSR count). The van der Waals surface area contributed by atoms with Gasteiger partial charge < -0.3 is 19.8 Å². The summed E-state index contributed by atoms with van der Waals surface area (Å²) in [6.07, 6.45) is 0. The van der Waals surface area contributed by atoms with Crippen LogP contribution in [0.5, 0.6) is 5.75 Å². The first-order valence-corrected chi connectivity index (χ1v) is 11.1. The van der Waals surface area contributed by atoms with E-state index in [4.69, 9.17) is 9.84 Å². The van der Waals surface area contributed by atoms with Crippen molar-refractivity contribution in [1.82, 2.24) is 0 Å². The van der Waals surface area contributed by atoms with Gasteiger partial charge in [-0.1, -0.05) is 35.9 Å². The third-order valence-corrected chi connectivity index (χ3v) is 6.83. The van der Waals surface area contributed by atoms with Gasteiger partial charge in [-0.15, -0.1) is 11.3 Å². The molecule has 0 aliphatic heterocycles. The van der Waals surface area contributed by atoms with Gasteiger partial charge in [0.15, 0.2) is 17.2 Å². The van der Waals surface area contributed by atoms with E-state index in [9.17, 15) is 19.5 Å². The number of halogens is 1. The Bertz CT molecular complexity index is 1170. The maximum atomic E-state index is 12.3. The van der Waals surface area contributed by atoms with Gasteiger partial charge in [0.2, 0.25) is 5.91 Å². The van der Waals surface area contributed by atoms with Gasteiger partial charge >= 0.3 is 11.9 Å². The Labute approximate surface area is 197 Å². The van der Waals surface area contributed by atoms with Gasteiger partial charge in [-0.05, 0) is 52.2 Å². The van der Waals surface area contributed by atoms with E-state index in [0.717, 1.165) is 33.7 Å². The Morgan fingerprint density at radius 1 is 1.09 bits per heavy atom. The first kappa shape index (κ1) is 23.5. The van der Waals surface area contributed by atoms with E-state index in [0.29, 0.717) is 15.9 Å². The van der Waals surface area contributed by atoms with E-state index in [-0.39, 0.29) is 16.5 Å². The second-order valence-corrected chi connectivity index (χ2v) is 8.85. The Kier molecular flexibility index (Phi) is 7.32. The summed E-state index contributed by atoms with van der Waals surface area (Å²) in [7, 11) is 0. The number of anilines is 1. The Morgan fingerprint density at radius 2 is 1.78 bits per heavy atom. The molecule has 0 aliphatic carbocycles. The number of rotatable bonds is 8. The number of carbonyl (C=O) groups excluding carboxylic acids is 1. The van der Waals surface area contributed by atoms with Crippen molar-refractivity contribution < 1.29 is 29.3 Å². The summed E-state index contributed by atoms with van der Waals surface area (Å²) >= 11 is 4.35. The minimum Gasteiger partial charge on any atom is -0.479 e. The zero-order valence-corrected chi connectivity index (χ0v) is 19.7. The lowest BCUT2D eigenvalue weighted by Gasteiger charge is -2.22. The van der Waals surface area contributed by atoms with Crippen LogP contribution in [0.1, 0.15) is 27.7 Å². The van der Waals surface area contributed by atoms with Crippen LogP contribution in [0.3, 0.4) is 0 Å². The molecule has 0 saturated heterocycles. The van der Waals surface area contributed by atoms with Crippen LogP contribution < -0.4 is 9.64 Å². The van der Waals surface area contributed by atoms with Crippen molar-refractivity contribution in [3.63, 3.8) is 0 Å². The number of carboxylic acid groups (broad SMARTS) is 2. The molecular formula is C23H20BrNO6S. The van der Waals surface area contributed by atoms with E-state index in [1.54, 1.807) is 4.90 Å². The number of amides is 1. The van der Waals surface area contributed by atoms with Gasteiger partial charge in [0.05, 0.1) is 15.9 Å². The molecule has 2 aromatic carbocycles. The van der Waals surface area contributed by atoms with Crippen LogP contribution in [0, 0.1) is 6.92 Å². The van der Waals surface area contributed by atoms with Crippen molar-refractivity contribution in [2.24, 2.45) is 0 Å². The largest absolute Gasteiger partial charge is 0.479 e. The Balaban J connectivity index is 1.95. The molecule has 0 bridgehead atoms. The summed E-state index contributed by atoms with van der Waals surface area (Å²) in [5, 5.41) is 18.4. The van der Waals surface area contributed by atoms with Crippen LogP contribution in [-0.4, -0.2) is 34.7 Å². The number of ether oxygens (including phenoxy) is 1. The van der Waals surface area contributed by atoms with Crippen molar-refractivity contribution in [1.29, 1.82) is 0 Å². The van der Waals surface area contributed by atoms with Crippen LogP contribution in [0.4, 0.5) is 5.69 Å². The molecule has 0 fully saturated rings. The van der Waals surface area contributed by atoms with Crippen molar-refractivity contribution in [3.8, 4) is 16.2 Å². The minimum atomic E-state index is -1.21. The van der Waals surface area contributed by atoms with Crippen molar-refractivity contribution in [2.75, 3.05) is 11.5 Å². The number of aryl methyl sites for hydroxylation is 1. The summed E-state index contributed by atoms with van der Waals surface area (Å²) in [6, 6.07) is 15.1. The van der Waals surface area contributed by atoms with Crippen LogP contribution in [0.2, 0.25) is 0 Å². The quantitative estimate of drug-likeness (QED) is 0.425. The highest BCUT2D eigenvalue weighted by Crippen LogP contribution is 2.45. The standard InChI is InChI=1S/C23H20BrNO6S/c1-13-6-8-17(9-7-13)25(14(2)26)11-15-4-3-5-16(10-15)21-19(24)20(31-12-18(27)28)22(32-21)23(29)30/h3-10H,11-12H2,1-2H3,(H,27,28)(H,29,30). The summed E-state index contributed by atoms with van der Waals surface area (Å²) in [6.45, 7) is 3.16. The molecule has 32 heavy (non-hydrogen) atoms. The normalized spacial score (nSPS) is 10.6. The van der Waals surface area contributed by atoms with Gasteiger partial charge in [0.1, 0.15) is 0 Å². The van der Waals surface area contributed by atoms with Crippen LogP contribution in [0.15, 0.2) is 53.0 Å². The number of thiophene rings is 1. The SMILES string of the molecule is CC(=O)N(Cc1cccc(-c2sc(C(=O)O)c(OCC(=O)O)c2Br)c1)c1ccc(C)cc1. The highest BCUT2D eigenvalue weighted by molar-refractivity contribution is 9.10. The van der Waals surface area contributed by atoms with E-state index >= 15 is 0 Å². The van der Waals surface area contributed by atoms with E-state index in [1.807, 2.05) is 55.5 Å². The average molecular weight is 518 g/mol. The number of carbonyl (C=O) groups is 3. The Hall–Kier alpha value is -3.17. The maximum absolute atomic E-state index is 12.3. The molecule has 1 aromatic heterocycles. The second kappa shape index (κ2) is 9.97. The Morgan fingerprint density at radius 3 is 2.38 bits per heavy atom. The van der Waals surface area contributed by atoms with Crippen LogP contribution in [-0.2, 0) is 16.1 Å². The monoisotopic (exact) mass is 517 g/mol. The third kappa shape index (κ3) is 5.35. The van der Waals surface area contributed by atoms with Gasteiger partial charge in [-0.2, -0.15) is 0 Å². The average Bonchev–Trinajstić information content (AvgIpc) is 3.08. The molecular weight excluding hydrogens is 498 g/mol. The summed E-state index contributed by atoms with van der Waals surface area (Å²) < 4.78 is 5.59. The number of aromatic carboxylic acids is 1. The molecule has 0 saturated carbocycles. The van der Waals surface area contributed by atoms with E-state index in [2.05, 4.69) is 15.9 Å². The third-order valence-electron chi connectivity index (χ3n) is 4.60. The molecule has 1 heterocycles. The minimum absolute atomic E-state index is 0.0182. The lowest BCUT2D eigenvalue weighted by molar-refractivity contribution is -0.139.